The second-order valence-electron chi connectivity index (χ2n) is 6.12. The molecule has 1 aromatic heterocycles. The summed E-state index contributed by atoms with van der Waals surface area (Å²) >= 11 is 0. The van der Waals surface area contributed by atoms with E-state index < -0.39 is 0 Å². The summed E-state index contributed by atoms with van der Waals surface area (Å²) in [5.41, 5.74) is 0.992. The molecule has 25 heavy (non-hydrogen) atoms. The van der Waals surface area contributed by atoms with Crippen molar-refractivity contribution in [2.24, 2.45) is 0 Å². The van der Waals surface area contributed by atoms with E-state index in [4.69, 9.17) is 4.74 Å². The maximum absolute atomic E-state index is 12.3. The number of hydrogen-bond acceptors (Lipinski definition) is 4. The van der Waals surface area contributed by atoms with E-state index in [1.165, 1.54) is 0 Å². The number of likely N-dealkylation sites (tertiary alicyclic amines) is 1. The van der Waals surface area contributed by atoms with Gasteiger partial charge in [0.1, 0.15) is 5.82 Å². The fourth-order valence-corrected chi connectivity index (χ4v) is 3.04. The second-order valence-corrected chi connectivity index (χ2v) is 6.12. The molecule has 134 valence electrons. The second kappa shape index (κ2) is 8.62. The van der Waals surface area contributed by atoms with Gasteiger partial charge in [0.25, 0.3) is 0 Å². The number of benzene rings is 1. The number of aromatic amines is 1. The van der Waals surface area contributed by atoms with Crippen LogP contribution in [0.4, 0.5) is 4.79 Å². The Kier molecular flexibility index (Phi) is 6.00. The Morgan fingerprint density at radius 1 is 1.40 bits per heavy atom. The van der Waals surface area contributed by atoms with Crippen molar-refractivity contribution in [3.05, 3.63) is 36.2 Å². The first-order valence-electron chi connectivity index (χ1n) is 8.86. The van der Waals surface area contributed by atoms with Crippen molar-refractivity contribution in [2.45, 2.75) is 25.7 Å². The van der Waals surface area contributed by atoms with Crippen molar-refractivity contribution in [3.8, 4) is 11.4 Å². The van der Waals surface area contributed by atoms with Gasteiger partial charge in [0, 0.05) is 37.7 Å². The van der Waals surface area contributed by atoms with E-state index in [9.17, 15) is 4.79 Å². The van der Waals surface area contributed by atoms with Crippen molar-refractivity contribution in [1.29, 1.82) is 0 Å². The summed E-state index contributed by atoms with van der Waals surface area (Å²) in [6, 6.07) is 9.87. The van der Waals surface area contributed by atoms with Crippen LogP contribution in [0.1, 0.15) is 31.5 Å². The first-order chi connectivity index (χ1) is 12.3. The zero-order chi connectivity index (χ0) is 17.5. The molecule has 1 aliphatic rings. The average Bonchev–Trinajstić information content (AvgIpc) is 3.16. The van der Waals surface area contributed by atoms with E-state index in [0.29, 0.717) is 32.1 Å². The Bertz CT molecular complexity index is 673. The molecule has 1 aliphatic heterocycles. The molecule has 3 rings (SSSR count). The van der Waals surface area contributed by atoms with Gasteiger partial charge in [-0.25, -0.2) is 9.78 Å². The first kappa shape index (κ1) is 17.4. The lowest BCUT2D eigenvalue weighted by Gasteiger charge is -2.31. The molecule has 0 bridgehead atoms. The predicted octanol–water partition coefficient (Wildman–Crippen LogP) is 2.40. The Hall–Kier alpha value is -2.41. The van der Waals surface area contributed by atoms with Crippen LogP contribution in [0.2, 0.25) is 0 Å². The quantitative estimate of drug-likeness (QED) is 0.789. The molecule has 0 saturated carbocycles. The minimum Gasteiger partial charge on any atom is -0.380 e. The van der Waals surface area contributed by atoms with Crippen LogP contribution in [-0.4, -0.2) is 59.0 Å². The van der Waals surface area contributed by atoms with Gasteiger partial charge < -0.3 is 15.0 Å². The highest BCUT2D eigenvalue weighted by Crippen LogP contribution is 2.26. The molecule has 2 amide bonds. The Labute approximate surface area is 147 Å². The van der Waals surface area contributed by atoms with Gasteiger partial charge in [-0.3, -0.25) is 5.10 Å². The van der Waals surface area contributed by atoms with Gasteiger partial charge in [-0.2, -0.15) is 5.10 Å². The summed E-state index contributed by atoms with van der Waals surface area (Å²) in [5.74, 6) is 1.75. The summed E-state index contributed by atoms with van der Waals surface area (Å²) in [6.45, 7) is 5.12. The van der Waals surface area contributed by atoms with Gasteiger partial charge in [0.05, 0.1) is 6.61 Å². The normalized spacial score (nSPS) is 17.5. The number of nitrogens with zero attached hydrogens (tertiary/aromatic N) is 3. The molecule has 0 unspecified atom stereocenters. The Balaban J connectivity index is 1.58. The number of carbonyl (C=O) groups is 1. The lowest BCUT2D eigenvalue weighted by atomic mass is 9.97. The number of aromatic nitrogens is 3. The third-order valence-electron chi connectivity index (χ3n) is 4.36. The number of urea groups is 1. The number of nitrogens with one attached hydrogen (secondary N) is 2. The molecule has 2 aromatic rings. The van der Waals surface area contributed by atoms with Crippen molar-refractivity contribution >= 4 is 6.03 Å². The third-order valence-corrected chi connectivity index (χ3v) is 4.36. The number of amides is 2. The van der Waals surface area contributed by atoms with Crippen LogP contribution in [0.25, 0.3) is 11.4 Å². The lowest BCUT2D eigenvalue weighted by Crippen LogP contribution is -2.45. The van der Waals surface area contributed by atoms with Crippen LogP contribution in [-0.2, 0) is 4.74 Å². The van der Waals surface area contributed by atoms with Crippen LogP contribution in [0, 0.1) is 0 Å². The zero-order valence-corrected chi connectivity index (χ0v) is 14.6. The predicted molar refractivity (Wildman–Crippen MR) is 95.3 cm³/mol. The minimum absolute atomic E-state index is 0.0350. The van der Waals surface area contributed by atoms with E-state index in [1.807, 2.05) is 42.2 Å². The molecule has 1 fully saturated rings. The van der Waals surface area contributed by atoms with E-state index in [1.54, 1.807) is 0 Å². The van der Waals surface area contributed by atoms with Gasteiger partial charge in [-0.1, -0.05) is 30.3 Å². The van der Waals surface area contributed by atoms with E-state index in [0.717, 1.165) is 30.8 Å². The van der Waals surface area contributed by atoms with Gasteiger partial charge in [-0.05, 0) is 19.8 Å². The largest absolute Gasteiger partial charge is 0.380 e. The van der Waals surface area contributed by atoms with Gasteiger partial charge in [-0.15, -0.1) is 0 Å². The molecule has 1 aromatic carbocycles. The summed E-state index contributed by atoms with van der Waals surface area (Å²) in [7, 11) is 0. The third kappa shape index (κ3) is 4.57. The van der Waals surface area contributed by atoms with E-state index in [2.05, 4.69) is 20.5 Å². The molecule has 0 spiro atoms. The molecular formula is C18H25N5O2. The van der Waals surface area contributed by atoms with Crippen LogP contribution in [0.5, 0.6) is 0 Å². The number of ether oxygens (including phenoxy) is 1. The van der Waals surface area contributed by atoms with Crippen LogP contribution < -0.4 is 5.32 Å². The van der Waals surface area contributed by atoms with Crippen molar-refractivity contribution in [3.63, 3.8) is 0 Å². The number of H-pyrrole nitrogens is 1. The lowest BCUT2D eigenvalue weighted by molar-refractivity contribution is 0.142. The van der Waals surface area contributed by atoms with E-state index in [-0.39, 0.29) is 11.9 Å². The molecule has 2 heterocycles. The summed E-state index contributed by atoms with van der Waals surface area (Å²) in [4.78, 5) is 18.8. The molecule has 1 atom stereocenters. The standard InChI is InChI=1S/C18H25N5O2/c1-2-25-12-10-19-18(24)23-11-6-9-15(13-23)17-20-16(21-22-17)14-7-4-3-5-8-14/h3-5,7-8,15H,2,6,9-13H2,1H3,(H,19,24)(H,20,21,22)/t15-/m1/s1. The van der Waals surface area contributed by atoms with Gasteiger partial charge >= 0.3 is 6.03 Å². The summed E-state index contributed by atoms with van der Waals surface area (Å²) in [5, 5.41) is 10.3. The summed E-state index contributed by atoms with van der Waals surface area (Å²) < 4.78 is 5.25. The average molecular weight is 343 g/mol. The minimum atomic E-state index is -0.0350. The highest BCUT2D eigenvalue weighted by atomic mass is 16.5. The summed E-state index contributed by atoms with van der Waals surface area (Å²) in [6.07, 6.45) is 1.97. The molecule has 1 saturated heterocycles. The molecule has 0 aliphatic carbocycles. The topological polar surface area (TPSA) is 83.1 Å². The Morgan fingerprint density at radius 3 is 3.04 bits per heavy atom. The van der Waals surface area contributed by atoms with E-state index >= 15 is 0 Å². The first-order valence-corrected chi connectivity index (χ1v) is 8.86. The highest BCUT2D eigenvalue weighted by molar-refractivity contribution is 5.74. The van der Waals surface area contributed by atoms with Crippen molar-refractivity contribution in [2.75, 3.05) is 32.8 Å². The fourth-order valence-electron chi connectivity index (χ4n) is 3.04. The smallest absolute Gasteiger partial charge is 0.317 e. The SMILES string of the molecule is CCOCCNC(=O)N1CCC[C@@H](c2nc(-c3ccccc3)n[nH]2)C1. The number of rotatable bonds is 6. The fraction of sp³-hybridized carbons (Fsp3) is 0.500. The molecule has 2 N–H and O–H groups in total. The van der Waals surface area contributed by atoms with Crippen LogP contribution in [0.15, 0.2) is 30.3 Å². The molecular weight excluding hydrogens is 318 g/mol. The maximum atomic E-state index is 12.3. The number of carbonyl (C=O) groups excluding carboxylic acids is 1. The Morgan fingerprint density at radius 2 is 2.24 bits per heavy atom. The molecule has 0 radical (unpaired) electrons. The van der Waals surface area contributed by atoms with Gasteiger partial charge in [0.15, 0.2) is 5.82 Å². The molecule has 7 nitrogen and oxygen atoms in total. The zero-order valence-electron chi connectivity index (χ0n) is 14.6. The highest BCUT2D eigenvalue weighted by Gasteiger charge is 2.27. The molecule has 7 heteroatoms. The van der Waals surface area contributed by atoms with Crippen LogP contribution >= 0.6 is 0 Å². The number of piperidine rings is 1. The number of hydrogen-bond donors (Lipinski definition) is 2. The van der Waals surface area contributed by atoms with Gasteiger partial charge in [0.2, 0.25) is 0 Å². The maximum Gasteiger partial charge on any atom is 0.317 e. The van der Waals surface area contributed by atoms with Crippen molar-refractivity contribution in [1.82, 2.24) is 25.4 Å². The monoisotopic (exact) mass is 343 g/mol. The van der Waals surface area contributed by atoms with Crippen LogP contribution in [0.3, 0.4) is 0 Å². The van der Waals surface area contributed by atoms with Crippen molar-refractivity contribution < 1.29 is 9.53 Å².